The van der Waals surface area contributed by atoms with Crippen LogP contribution in [-0.2, 0) is 9.84 Å². The number of sulfone groups is 1. The van der Waals surface area contributed by atoms with Crippen LogP contribution in [0.3, 0.4) is 0 Å². The SMILES string of the molecule is CNC(CCCS(C)(=O)=O)c1c(Cl)cccc1Cl. The molecule has 0 aliphatic heterocycles. The van der Waals surface area contributed by atoms with Gasteiger partial charge in [0.05, 0.1) is 0 Å². The Hall–Kier alpha value is -0.290. The van der Waals surface area contributed by atoms with E-state index in [1.165, 1.54) is 6.26 Å². The van der Waals surface area contributed by atoms with Crippen LogP contribution >= 0.6 is 23.2 Å². The molecule has 0 bridgehead atoms. The lowest BCUT2D eigenvalue weighted by atomic mass is 10.0. The Morgan fingerprint density at radius 3 is 2.28 bits per heavy atom. The third-order valence-corrected chi connectivity index (χ3v) is 4.39. The van der Waals surface area contributed by atoms with Gasteiger partial charge in [-0.05, 0) is 32.0 Å². The Morgan fingerprint density at radius 1 is 1.28 bits per heavy atom. The molecule has 0 heterocycles. The maximum Gasteiger partial charge on any atom is 0.147 e. The molecule has 1 aromatic rings. The zero-order chi connectivity index (χ0) is 13.8. The highest BCUT2D eigenvalue weighted by Gasteiger charge is 2.16. The van der Waals surface area contributed by atoms with Gasteiger partial charge in [0.15, 0.2) is 0 Å². The first-order chi connectivity index (χ1) is 8.35. The quantitative estimate of drug-likeness (QED) is 0.878. The van der Waals surface area contributed by atoms with Crippen molar-refractivity contribution in [1.82, 2.24) is 5.32 Å². The first-order valence-electron chi connectivity index (χ1n) is 5.64. The fourth-order valence-electron chi connectivity index (χ4n) is 1.83. The van der Waals surface area contributed by atoms with E-state index in [9.17, 15) is 8.42 Å². The Kier molecular flexibility index (Phi) is 5.92. The van der Waals surface area contributed by atoms with E-state index in [1.807, 2.05) is 7.05 Å². The standard InChI is InChI=1S/C12H17Cl2NO2S/c1-15-11(7-4-8-18(2,16)17)12-9(13)5-3-6-10(12)14/h3,5-6,11,15H,4,7-8H2,1-2H3. The van der Waals surface area contributed by atoms with E-state index in [1.54, 1.807) is 18.2 Å². The average Bonchev–Trinajstić information content (AvgIpc) is 2.25. The van der Waals surface area contributed by atoms with Gasteiger partial charge in [0.2, 0.25) is 0 Å². The van der Waals surface area contributed by atoms with Crippen LogP contribution in [-0.4, -0.2) is 27.5 Å². The highest BCUT2D eigenvalue weighted by atomic mass is 35.5. The summed E-state index contributed by atoms with van der Waals surface area (Å²) in [5, 5.41) is 4.32. The highest BCUT2D eigenvalue weighted by Crippen LogP contribution is 2.32. The highest BCUT2D eigenvalue weighted by molar-refractivity contribution is 7.90. The summed E-state index contributed by atoms with van der Waals surface area (Å²) in [6.07, 6.45) is 2.49. The van der Waals surface area contributed by atoms with Gasteiger partial charge in [0, 0.05) is 33.7 Å². The summed E-state index contributed by atoms with van der Waals surface area (Å²) in [7, 11) is -1.11. The summed E-state index contributed by atoms with van der Waals surface area (Å²) in [5.74, 6) is 0.174. The predicted octanol–water partition coefficient (Wildman–Crippen LogP) is 3.08. The van der Waals surface area contributed by atoms with E-state index < -0.39 is 9.84 Å². The molecule has 0 aliphatic rings. The fraction of sp³-hybridized carbons (Fsp3) is 0.500. The zero-order valence-electron chi connectivity index (χ0n) is 10.4. The first-order valence-corrected chi connectivity index (χ1v) is 8.45. The molecule has 0 fully saturated rings. The van der Waals surface area contributed by atoms with Crippen molar-refractivity contribution in [2.75, 3.05) is 19.1 Å². The van der Waals surface area contributed by atoms with Crippen molar-refractivity contribution in [3.05, 3.63) is 33.8 Å². The van der Waals surface area contributed by atoms with Crippen LogP contribution in [0.2, 0.25) is 10.0 Å². The lowest BCUT2D eigenvalue weighted by Gasteiger charge is -2.19. The van der Waals surface area contributed by atoms with Gasteiger partial charge >= 0.3 is 0 Å². The Balaban J connectivity index is 2.78. The number of rotatable bonds is 6. The molecule has 0 saturated heterocycles. The van der Waals surface area contributed by atoms with Crippen molar-refractivity contribution in [3.63, 3.8) is 0 Å². The van der Waals surface area contributed by atoms with Crippen molar-refractivity contribution < 1.29 is 8.42 Å². The molecular formula is C12H17Cl2NO2S. The molecule has 0 aliphatic carbocycles. The molecule has 102 valence electrons. The summed E-state index contributed by atoms with van der Waals surface area (Å²) in [6, 6.07) is 5.32. The fourth-order valence-corrected chi connectivity index (χ4v) is 3.18. The molecule has 1 aromatic carbocycles. The van der Waals surface area contributed by atoms with Crippen molar-refractivity contribution in [2.24, 2.45) is 0 Å². The van der Waals surface area contributed by atoms with Gasteiger partial charge in [0.1, 0.15) is 9.84 Å². The summed E-state index contributed by atoms with van der Waals surface area (Å²) in [5.41, 5.74) is 0.830. The van der Waals surface area contributed by atoms with Crippen LogP contribution in [0.1, 0.15) is 24.4 Å². The predicted molar refractivity (Wildman–Crippen MR) is 77.2 cm³/mol. The van der Waals surface area contributed by atoms with E-state index in [4.69, 9.17) is 23.2 Å². The molecular weight excluding hydrogens is 293 g/mol. The number of benzene rings is 1. The van der Waals surface area contributed by atoms with E-state index in [0.717, 1.165) is 5.56 Å². The van der Waals surface area contributed by atoms with Gasteiger partial charge < -0.3 is 5.32 Å². The maximum atomic E-state index is 11.1. The van der Waals surface area contributed by atoms with Crippen LogP contribution in [0.15, 0.2) is 18.2 Å². The van der Waals surface area contributed by atoms with Gasteiger partial charge in [-0.2, -0.15) is 0 Å². The molecule has 1 rings (SSSR count). The molecule has 1 N–H and O–H groups in total. The Bertz CT molecular complexity index is 483. The topological polar surface area (TPSA) is 46.2 Å². The lowest BCUT2D eigenvalue weighted by Crippen LogP contribution is -2.18. The average molecular weight is 310 g/mol. The summed E-state index contributed by atoms with van der Waals surface area (Å²) in [4.78, 5) is 0. The smallest absolute Gasteiger partial charge is 0.147 e. The summed E-state index contributed by atoms with van der Waals surface area (Å²) in [6.45, 7) is 0. The zero-order valence-corrected chi connectivity index (χ0v) is 12.7. The van der Waals surface area contributed by atoms with Gasteiger partial charge in [-0.1, -0.05) is 29.3 Å². The first kappa shape index (κ1) is 15.8. The second-order valence-corrected chi connectivity index (χ2v) is 7.32. The third kappa shape index (κ3) is 4.76. The Labute approximate surface area is 118 Å². The number of nitrogens with one attached hydrogen (secondary N) is 1. The molecule has 0 spiro atoms. The maximum absolute atomic E-state index is 11.1. The minimum Gasteiger partial charge on any atom is -0.313 e. The molecule has 6 heteroatoms. The number of hydrogen-bond donors (Lipinski definition) is 1. The van der Waals surface area contributed by atoms with Gasteiger partial charge in [-0.25, -0.2) is 8.42 Å². The second kappa shape index (κ2) is 6.75. The molecule has 18 heavy (non-hydrogen) atoms. The minimum absolute atomic E-state index is 0.0343. The van der Waals surface area contributed by atoms with E-state index in [0.29, 0.717) is 22.9 Å². The number of halogens is 2. The van der Waals surface area contributed by atoms with Crippen molar-refractivity contribution in [3.8, 4) is 0 Å². The van der Waals surface area contributed by atoms with Crippen molar-refractivity contribution in [1.29, 1.82) is 0 Å². The van der Waals surface area contributed by atoms with Crippen LogP contribution in [0.5, 0.6) is 0 Å². The van der Waals surface area contributed by atoms with Gasteiger partial charge in [-0.15, -0.1) is 0 Å². The van der Waals surface area contributed by atoms with Crippen molar-refractivity contribution in [2.45, 2.75) is 18.9 Å². The molecule has 1 unspecified atom stereocenters. The van der Waals surface area contributed by atoms with Gasteiger partial charge in [0.25, 0.3) is 0 Å². The van der Waals surface area contributed by atoms with Gasteiger partial charge in [-0.3, -0.25) is 0 Å². The molecule has 1 atom stereocenters. The summed E-state index contributed by atoms with van der Waals surface area (Å²) < 4.78 is 22.2. The third-order valence-electron chi connectivity index (χ3n) is 2.70. The molecule has 3 nitrogen and oxygen atoms in total. The number of hydrogen-bond acceptors (Lipinski definition) is 3. The van der Waals surface area contributed by atoms with E-state index >= 15 is 0 Å². The molecule has 0 radical (unpaired) electrons. The van der Waals surface area contributed by atoms with Crippen LogP contribution in [0.4, 0.5) is 0 Å². The molecule has 0 aromatic heterocycles. The molecule has 0 saturated carbocycles. The van der Waals surface area contributed by atoms with Crippen LogP contribution < -0.4 is 5.32 Å². The Morgan fingerprint density at radius 2 is 1.83 bits per heavy atom. The second-order valence-electron chi connectivity index (χ2n) is 4.25. The summed E-state index contributed by atoms with van der Waals surface area (Å²) >= 11 is 12.3. The van der Waals surface area contributed by atoms with Crippen molar-refractivity contribution >= 4 is 33.0 Å². The van der Waals surface area contributed by atoms with Crippen LogP contribution in [0, 0.1) is 0 Å². The lowest BCUT2D eigenvalue weighted by molar-refractivity contribution is 0.536. The van der Waals surface area contributed by atoms with E-state index in [-0.39, 0.29) is 11.8 Å². The van der Waals surface area contributed by atoms with E-state index in [2.05, 4.69) is 5.32 Å². The normalized spacial score (nSPS) is 13.6. The minimum atomic E-state index is -2.92. The van der Waals surface area contributed by atoms with Crippen LogP contribution in [0.25, 0.3) is 0 Å². The largest absolute Gasteiger partial charge is 0.313 e. The molecule has 0 amide bonds. The monoisotopic (exact) mass is 309 g/mol.